The van der Waals surface area contributed by atoms with Gasteiger partial charge in [0.2, 0.25) is 0 Å². The molecule has 1 saturated heterocycles. The topological polar surface area (TPSA) is 68.5 Å². The van der Waals surface area contributed by atoms with Gasteiger partial charge in [0.1, 0.15) is 0 Å². The first kappa shape index (κ1) is 12.1. The molecule has 0 atom stereocenters. The molecule has 0 unspecified atom stereocenters. The standard InChI is InChI=1S/C13H15N3O3/c1-8-7-10(11-9(2)15-19-12(11)14-8)13(17)16-5-3-4-6-18-16/h7H,3-6H2,1-2H3. The lowest BCUT2D eigenvalue weighted by atomic mass is 10.1. The minimum Gasteiger partial charge on any atom is -0.336 e. The Balaban J connectivity index is 2.07. The summed E-state index contributed by atoms with van der Waals surface area (Å²) in [5, 5.41) is 5.97. The van der Waals surface area contributed by atoms with Crippen molar-refractivity contribution in [2.75, 3.05) is 13.2 Å². The van der Waals surface area contributed by atoms with Crippen LogP contribution in [0.1, 0.15) is 34.6 Å². The van der Waals surface area contributed by atoms with Crippen molar-refractivity contribution in [3.8, 4) is 0 Å². The molecule has 3 rings (SSSR count). The number of amides is 1. The molecule has 1 aliphatic heterocycles. The van der Waals surface area contributed by atoms with Crippen LogP contribution in [0.5, 0.6) is 0 Å². The van der Waals surface area contributed by atoms with Crippen molar-refractivity contribution in [2.24, 2.45) is 0 Å². The van der Waals surface area contributed by atoms with E-state index in [1.54, 1.807) is 13.0 Å². The molecule has 1 amide bonds. The summed E-state index contributed by atoms with van der Waals surface area (Å²) >= 11 is 0. The Morgan fingerprint density at radius 1 is 1.37 bits per heavy atom. The molecular formula is C13H15N3O3. The van der Waals surface area contributed by atoms with E-state index in [0.717, 1.165) is 18.5 Å². The van der Waals surface area contributed by atoms with Gasteiger partial charge >= 0.3 is 0 Å². The highest BCUT2D eigenvalue weighted by atomic mass is 16.7. The van der Waals surface area contributed by atoms with Crippen molar-refractivity contribution in [1.82, 2.24) is 15.2 Å². The van der Waals surface area contributed by atoms with Gasteiger partial charge in [0, 0.05) is 12.2 Å². The summed E-state index contributed by atoms with van der Waals surface area (Å²) in [7, 11) is 0. The van der Waals surface area contributed by atoms with Gasteiger partial charge in [0.25, 0.3) is 11.6 Å². The lowest BCUT2D eigenvalue weighted by molar-refractivity contribution is -0.144. The predicted molar refractivity (Wildman–Crippen MR) is 67.5 cm³/mol. The van der Waals surface area contributed by atoms with Gasteiger partial charge in [-0.2, -0.15) is 0 Å². The van der Waals surface area contributed by atoms with E-state index in [2.05, 4.69) is 10.1 Å². The number of hydrogen-bond donors (Lipinski definition) is 0. The third-order valence-corrected chi connectivity index (χ3v) is 3.20. The number of pyridine rings is 1. The molecule has 3 heterocycles. The Morgan fingerprint density at radius 3 is 2.95 bits per heavy atom. The predicted octanol–water partition coefficient (Wildman–Crippen LogP) is 2.01. The van der Waals surface area contributed by atoms with E-state index in [0.29, 0.717) is 35.5 Å². The minimum absolute atomic E-state index is 0.151. The fourth-order valence-corrected chi connectivity index (χ4v) is 2.28. The summed E-state index contributed by atoms with van der Waals surface area (Å²) < 4.78 is 5.13. The Kier molecular flexibility index (Phi) is 2.94. The van der Waals surface area contributed by atoms with Crippen molar-refractivity contribution in [3.05, 3.63) is 23.0 Å². The lowest BCUT2D eigenvalue weighted by Gasteiger charge is -2.26. The second kappa shape index (κ2) is 4.62. The van der Waals surface area contributed by atoms with Gasteiger partial charge in [-0.3, -0.25) is 9.63 Å². The molecule has 19 heavy (non-hydrogen) atoms. The highest BCUT2D eigenvalue weighted by Gasteiger charge is 2.24. The van der Waals surface area contributed by atoms with Gasteiger partial charge in [0.15, 0.2) is 0 Å². The van der Waals surface area contributed by atoms with Crippen LogP contribution in [0, 0.1) is 13.8 Å². The fraction of sp³-hybridized carbons (Fsp3) is 0.462. The molecule has 0 N–H and O–H groups in total. The van der Waals surface area contributed by atoms with E-state index < -0.39 is 0 Å². The average molecular weight is 261 g/mol. The molecule has 6 heteroatoms. The second-order valence-electron chi connectivity index (χ2n) is 4.71. The van der Waals surface area contributed by atoms with E-state index in [-0.39, 0.29) is 5.91 Å². The molecule has 1 fully saturated rings. The molecule has 0 saturated carbocycles. The zero-order chi connectivity index (χ0) is 13.4. The third-order valence-electron chi connectivity index (χ3n) is 3.20. The molecule has 2 aromatic heterocycles. The summed E-state index contributed by atoms with van der Waals surface area (Å²) in [6.45, 7) is 4.83. The van der Waals surface area contributed by atoms with E-state index in [1.165, 1.54) is 5.06 Å². The number of aromatic nitrogens is 2. The maximum absolute atomic E-state index is 12.5. The Bertz CT molecular complexity index is 629. The van der Waals surface area contributed by atoms with Crippen molar-refractivity contribution < 1.29 is 14.2 Å². The normalized spacial score (nSPS) is 16.0. The van der Waals surface area contributed by atoms with E-state index in [4.69, 9.17) is 9.36 Å². The number of hydrogen-bond acceptors (Lipinski definition) is 5. The van der Waals surface area contributed by atoms with Crippen molar-refractivity contribution in [3.63, 3.8) is 0 Å². The van der Waals surface area contributed by atoms with Crippen LogP contribution >= 0.6 is 0 Å². The lowest BCUT2D eigenvalue weighted by Crippen LogP contribution is -2.35. The van der Waals surface area contributed by atoms with E-state index in [1.807, 2.05) is 6.92 Å². The largest absolute Gasteiger partial charge is 0.336 e. The molecule has 0 spiro atoms. The van der Waals surface area contributed by atoms with Crippen LogP contribution < -0.4 is 0 Å². The van der Waals surface area contributed by atoms with E-state index >= 15 is 0 Å². The zero-order valence-electron chi connectivity index (χ0n) is 11.0. The van der Waals surface area contributed by atoms with Gasteiger partial charge in [-0.15, -0.1) is 0 Å². The van der Waals surface area contributed by atoms with Crippen molar-refractivity contribution >= 4 is 17.0 Å². The fourth-order valence-electron chi connectivity index (χ4n) is 2.28. The quantitative estimate of drug-likeness (QED) is 0.785. The van der Waals surface area contributed by atoms with E-state index in [9.17, 15) is 4.79 Å². The number of carbonyl (C=O) groups excluding carboxylic acids is 1. The Hall–Kier alpha value is -1.95. The first-order chi connectivity index (χ1) is 9.16. The summed E-state index contributed by atoms with van der Waals surface area (Å²) in [4.78, 5) is 22.2. The summed E-state index contributed by atoms with van der Waals surface area (Å²) in [5.41, 5.74) is 2.34. The second-order valence-corrected chi connectivity index (χ2v) is 4.71. The van der Waals surface area contributed by atoms with Crippen molar-refractivity contribution in [2.45, 2.75) is 26.7 Å². The number of carbonyl (C=O) groups is 1. The smallest absolute Gasteiger partial charge is 0.278 e. The Morgan fingerprint density at radius 2 is 2.21 bits per heavy atom. The van der Waals surface area contributed by atoms with Gasteiger partial charge < -0.3 is 4.52 Å². The zero-order valence-corrected chi connectivity index (χ0v) is 11.0. The summed E-state index contributed by atoms with van der Waals surface area (Å²) in [5.74, 6) is -0.151. The van der Waals surface area contributed by atoms with Gasteiger partial charge in [-0.1, -0.05) is 5.16 Å². The molecule has 0 bridgehead atoms. The third kappa shape index (κ3) is 2.08. The maximum Gasteiger partial charge on any atom is 0.278 e. The molecule has 1 aliphatic rings. The number of rotatable bonds is 1. The van der Waals surface area contributed by atoms with Gasteiger partial charge in [-0.25, -0.2) is 10.0 Å². The number of hydroxylamine groups is 2. The van der Waals surface area contributed by atoms with Crippen LogP contribution in [0.2, 0.25) is 0 Å². The van der Waals surface area contributed by atoms with Crippen LogP contribution in [-0.4, -0.2) is 34.3 Å². The van der Waals surface area contributed by atoms with Crippen LogP contribution in [0.4, 0.5) is 0 Å². The SMILES string of the molecule is Cc1cc(C(=O)N2CCCCO2)c2c(C)noc2n1. The monoisotopic (exact) mass is 261 g/mol. The molecule has 6 nitrogen and oxygen atoms in total. The first-order valence-electron chi connectivity index (χ1n) is 6.35. The summed E-state index contributed by atoms with van der Waals surface area (Å²) in [6.07, 6.45) is 1.95. The van der Waals surface area contributed by atoms with Crippen molar-refractivity contribution in [1.29, 1.82) is 0 Å². The Labute approximate surface area is 110 Å². The molecule has 0 aromatic carbocycles. The molecule has 0 aliphatic carbocycles. The average Bonchev–Trinajstić information content (AvgIpc) is 2.79. The molecule has 0 radical (unpaired) electrons. The maximum atomic E-state index is 12.5. The first-order valence-corrected chi connectivity index (χ1v) is 6.35. The number of aryl methyl sites for hydroxylation is 2. The molecular weight excluding hydrogens is 246 g/mol. The number of nitrogens with zero attached hydrogens (tertiary/aromatic N) is 3. The highest BCUT2D eigenvalue weighted by molar-refractivity contribution is 6.05. The van der Waals surface area contributed by atoms with Gasteiger partial charge in [-0.05, 0) is 32.8 Å². The minimum atomic E-state index is -0.151. The number of fused-ring (bicyclic) bond motifs is 1. The van der Waals surface area contributed by atoms with Crippen LogP contribution in [0.3, 0.4) is 0 Å². The molecule has 2 aromatic rings. The van der Waals surface area contributed by atoms with Crippen LogP contribution in [0.25, 0.3) is 11.1 Å². The van der Waals surface area contributed by atoms with Crippen LogP contribution in [0.15, 0.2) is 10.6 Å². The van der Waals surface area contributed by atoms with Crippen LogP contribution in [-0.2, 0) is 4.84 Å². The molecule has 100 valence electrons. The van der Waals surface area contributed by atoms with Gasteiger partial charge in [0.05, 0.1) is 23.3 Å². The highest BCUT2D eigenvalue weighted by Crippen LogP contribution is 2.24. The summed E-state index contributed by atoms with van der Waals surface area (Å²) in [6, 6.07) is 1.76.